The Bertz CT molecular complexity index is 1370. The highest BCUT2D eigenvalue weighted by Crippen LogP contribution is 2.19. The topological polar surface area (TPSA) is 87.6 Å². The molecule has 4 aromatic carbocycles. The first-order chi connectivity index (χ1) is 15.0. The van der Waals surface area contributed by atoms with E-state index in [1.54, 1.807) is 60.7 Å². The SMILES string of the molecule is O=C(Nc1ccccc1/C=N/NS(=O)(=O)c1ccc2ccccc2c1)c1ccccc1. The summed E-state index contributed by atoms with van der Waals surface area (Å²) >= 11 is 0. The van der Waals surface area contributed by atoms with Crippen molar-refractivity contribution in [2.45, 2.75) is 4.90 Å². The Hall–Kier alpha value is -3.97. The average Bonchev–Trinajstić information content (AvgIpc) is 2.80. The molecule has 4 aromatic rings. The molecule has 0 aliphatic carbocycles. The van der Waals surface area contributed by atoms with Crippen LogP contribution >= 0.6 is 0 Å². The van der Waals surface area contributed by atoms with Gasteiger partial charge in [-0.05, 0) is 41.1 Å². The lowest BCUT2D eigenvalue weighted by Crippen LogP contribution is -2.18. The molecule has 0 heterocycles. The smallest absolute Gasteiger partial charge is 0.276 e. The predicted octanol–water partition coefficient (Wildman–Crippen LogP) is 4.40. The quantitative estimate of drug-likeness (QED) is 0.352. The first-order valence-electron chi connectivity index (χ1n) is 9.52. The van der Waals surface area contributed by atoms with E-state index in [2.05, 4.69) is 15.2 Å². The van der Waals surface area contributed by atoms with Gasteiger partial charge >= 0.3 is 0 Å². The zero-order valence-electron chi connectivity index (χ0n) is 16.4. The van der Waals surface area contributed by atoms with Crippen LogP contribution < -0.4 is 10.1 Å². The van der Waals surface area contributed by atoms with Gasteiger partial charge in [0.1, 0.15) is 0 Å². The molecule has 0 unspecified atom stereocenters. The number of sulfonamides is 1. The van der Waals surface area contributed by atoms with Gasteiger partial charge in [-0.1, -0.05) is 66.7 Å². The van der Waals surface area contributed by atoms with Crippen LogP contribution in [0.4, 0.5) is 5.69 Å². The molecule has 0 saturated heterocycles. The monoisotopic (exact) mass is 429 g/mol. The van der Waals surface area contributed by atoms with Gasteiger partial charge in [0.25, 0.3) is 15.9 Å². The maximum Gasteiger partial charge on any atom is 0.276 e. The van der Waals surface area contributed by atoms with E-state index in [4.69, 9.17) is 0 Å². The van der Waals surface area contributed by atoms with Gasteiger partial charge < -0.3 is 5.32 Å². The highest BCUT2D eigenvalue weighted by molar-refractivity contribution is 7.89. The molecular weight excluding hydrogens is 410 g/mol. The Morgan fingerprint density at radius 1 is 0.774 bits per heavy atom. The summed E-state index contributed by atoms with van der Waals surface area (Å²) in [6, 6.07) is 28.2. The van der Waals surface area contributed by atoms with Crippen molar-refractivity contribution in [1.82, 2.24) is 4.83 Å². The molecule has 0 radical (unpaired) electrons. The average molecular weight is 430 g/mol. The van der Waals surface area contributed by atoms with Crippen LogP contribution in [-0.2, 0) is 10.0 Å². The fourth-order valence-corrected chi connectivity index (χ4v) is 3.89. The minimum absolute atomic E-state index is 0.119. The van der Waals surface area contributed by atoms with Crippen LogP contribution in [0.2, 0.25) is 0 Å². The van der Waals surface area contributed by atoms with Gasteiger partial charge in [-0.15, -0.1) is 0 Å². The fraction of sp³-hybridized carbons (Fsp3) is 0. The van der Waals surface area contributed by atoms with E-state index in [1.807, 2.05) is 30.3 Å². The molecule has 6 nitrogen and oxygen atoms in total. The number of carbonyl (C=O) groups excluding carboxylic acids is 1. The summed E-state index contributed by atoms with van der Waals surface area (Å²) in [6.07, 6.45) is 1.36. The van der Waals surface area contributed by atoms with Crippen LogP contribution in [0.5, 0.6) is 0 Å². The number of amides is 1. The van der Waals surface area contributed by atoms with Crippen molar-refractivity contribution in [1.29, 1.82) is 0 Å². The van der Waals surface area contributed by atoms with E-state index in [9.17, 15) is 13.2 Å². The van der Waals surface area contributed by atoms with E-state index in [1.165, 1.54) is 12.3 Å². The molecule has 31 heavy (non-hydrogen) atoms. The molecule has 2 N–H and O–H groups in total. The zero-order chi connectivity index (χ0) is 21.7. The number of hydrogen-bond acceptors (Lipinski definition) is 4. The van der Waals surface area contributed by atoms with Crippen LogP contribution in [0.25, 0.3) is 10.8 Å². The number of nitrogens with one attached hydrogen (secondary N) is 2. The van der Waals surface area contributed by atoms with Gasteiger partial charge in [0.05, 0.1) is 11.1 Å². The van der Waals surface area contributed by atoms with Crippen molar-refractivity contribution in [2.75, 3.05) is 5.32 Å². The number of carbonyl (C=O) groups is 1. The molecule has 0 aromatic heterocycles. The van der Waals surface area contributed by atoms with Crippen molar-refractivity contribution >= 4 is 38.6 Å². The molecule has 154 valence electrons. The Balaban J connectivity index is 1.51. The molecule has 0 fully saturated rings. The van der Waals surface area contributed by atoms with Crippen molar-refractivity contribution in [3.63, 3.8) is 0 Å². The third-order valence-corrected chi connectivity index (χ3v) is 5.87. The number of fused-ring (bicyclic) bond motifs is 1. The summed E-state index contributed by atoms with van der Waals surface area (Å²) < 4.78 is 25.2. The molecular formula is C24H19N3O3S. The largest absolute Gasteiger partial charge is 0.321 e. The van der Waals surface area contributed by atoms with Crippen molar-refractivity contribution in [2.24, 2.45) is 5.10 Å². The first kappa shape index (κ1) is 20.3. The standard InChI is InChI=1S/C24H19N3O3S/c28-24(19-9-2-1-3-10-19)26-23-13-7-6-12-21(23)17-25-27-31(29,30)22-15-14-18-8-4-5-11-20(18)16-22/h1-17,27H,(H,26,28)/b25-17+. The predicted molar refractivity (Wildman–Crippen MR) is 123 cm³/mol. The molecule has 0 bridgehead atoms. The van der Waals surface area contributed by atoms with E-state index >= 15 is 0 Å². The molecule has 0 saturated carbocycles. The van der Waals surface area contributed by atoms with Crippen LogP contribution in [-0.4, -0.2) is 20.5 Å². The summed E-state index contributed by atoms with van der Waals surface area (Å²) in [5.74, 6) is -0.266. The van der Waals surface area contributed by atoms with Gasteiger partial charge in [0, 0.05) is 16.8 Å². The van der Waals surface area contributed by atoms with Gasteiger partial charge in [-0.3, -0.25) is 4.79 Å². The van der Waals surface area contributed by atoms with Gasteiger partial charge in [0.2, 0.25) is 0 Å². The number of rotatable bonds is 6. The second-order valence-electron chi connectivity index (χ2n) is 6.77. The summed E-state index contributed by atoms with van der Waals surface area (Å²) in [4.78, 5) is 14.8. The number of hydrazone groups is 1. The van der Waals surface area contributed by atoms with Crippen LogP contribution in [0, 0.1) is 0 Å². The Morgan fingerprint density at radius 2 is 1.45 bits per heavy atom. The van der Waals surface area contributed by atoms with Crippen molar-refractivity contribution < 1.29 is 13.2 Å². The lowest BCUT2D eigenvalue weighted by Gasteiger charge is -2.09. The first-order valence-corrected chi connectivity index (χ1v) is 11.0. The maximum atomic E-state index is 12.6. The summed E-state index contributed by atoms with van der Waals surface area (Å²) in [5.41, 5.74) is 1.60. The second kappa shape index (κ2) is 8.81. The maximum absolute atomic E-state index is 12.6. The summed E-state index contributed by atoms with van der Waals surface area (Å²) in [6.45, 7) is 0. The Labute approximate surface area is 180 Å². The van der Waals surface area contributed by atoms with Gasteiger partial charge in [-0.25, -0.2) is 4.83 Å². The van der Waals surface area contributed by atoms with E-state index in [0.717, 1.165) is 10.8 Å². The molecule has 0 atom stereocenters. The molecule has 4 rings (SSSR count). The van der Waals surface area contributed by atoms with Crippen LogP contribution in [0.3, 0.4) is 0 Å². The lowest BCUT2D eigenvalue weighted by atomic mass is 10.1. The van der Waals surface area contributed by atoms with Crippen LogP contribution in [0.1, 0.15) is 15.9 Å². The number of anilines is 1. The van der Waals surface area contributed by atoms with Crippen molar-refractivity contribution in [3.8, 4) is 0 Å². The molecule has 0 aliphatic heterocycles. The number of hydrogen-bond donors (Lipinski definition) is 2. The molecule has 7 heteroatoms. The van der Waals surface area contributed by atoms with E-state index in [-0.39, 0.29) is 10.8 Å². The number of benzene rings is 4. The normalized spacial score (nSPS) is 11.5. The molecule has 0 spiro atoms. The number of para-hydroxylation sites is 1. The molecule has 1 amide bonds. The van der Waals surface area contributed by atoms with Gasteiger partial charge in [0.15, 0.2) is 0 Å². The second-order valence-corrected chi connectivity index (χ2v) is 8.43. The highest BCUT2D eigenvalue weighted by Gasteiger charge is 2.13. The number of nitrogens with zero attached hydrogens (tertiary/aromatic N) is 1. The zero-order valence-corrected chi connectivity index (χ0v) is 17.2. The minimum Gasteiger partial charge on any atom is -0.321 e. The Kier molecular flexibility index (Phi) is 5.77. The Morgan fingerprint density at radius 3 is 2.26 bits per heavy atom. The van der Waals surface area contributed by atoms with Crippen LogP contribution in [0.15, 0.2) is 107 Å². The molecule has 0 aliphatic rings. The fourth-order valence-electron chi connectivity index (χ4n) is 3.06. The van der Waals surface area contributed by atoms with E-state index < -0.39 is 10.0 Å². The third kappa shape index (κ3) is 4.79. The van der Waals surface area contributed by atoms with E-state index in [0.29, 0.717) is 16.8 Å². The third-order valence-electron chi connectivity index (χ3n) is 4.65. The highest BCUT2D eigenvalue weighted by atomic mass is 32.2. The lowest BCUT2D eigenvalue weighted by molar-refractivity contribution is 0.102. The summed E-state index contributed by atoms with van der Waals surface area (Å²) in [7, 11) is -3.84. The van der Waals surface area contributed by atoms with Gasteiger partial charge in [-0.2, -0.15) is 13.5 Å². The minimum atomic E-state index is -3.84. The summed E-state index contributed by atoms with van der Waals surface area (Å²) in [5, 5.41) is 8.49. The van der Waals surface area contributed by atoms with Crippen molar-refractivity contribution in [3.05, 3.63) is 108 Å².